The maximum atomic E-state index is 13.8. The summed E-state index contributed by atoms with van der Waals surface area (Å²) in [5.41, 5.74) is 2.61. The predicted octanol–water partition coefficient (Wildman–Crippen LogP) is 3.13. The van der Waals surface area contributed by atoms with Crippen LogP contribution in [0.3, 0.4) is 0 Å². The molecule has 4 rings (SSSR count). The summed E-state index contributed by atoms with van der Waals surface area (Å²) in [5, 5.41) is 6.34. The van der Waals surface area contributed by atoms with Crippen molar-refractivity contribution in [3.63, 3.8) is 0 Å². The molecular formula is C23H30F2N6O. The van der Waals surface area contributed by atoms with Crippen LogP contribution < -0.4 is 10.6 Å². The summed E-state index contributed by atoms with van der Waals surface area (Å²) in [7, 11) is 0. The standard InChI is InChI=1S/C23H30F2N6O/c1-4-30-11-17(15-5-6-18(24)19(25)9-15)21(12-30)29-23(32)31-8-7-16-10-26-22(27-14(2)3)28-20(16)13-31/h5-6,9-10,14,17,21H,4,7-8,11-13H2,1-3H3,(H,29,32)(H,26,27,28)/t17-,21?/m0/s1. The summed E-state index contributed by atoms with van der Waals surface area (Å²) >= 11 is 0. The molecule has 2 aliphatic heterocycles. The highest BCUT2D eigenvalue weighted by molar-refractivity contribution is 5.75. The minimum atomic E-state index is -0.861. The number of hydrogen-bond donors (Lipinski definition) is 2. The van der Waals surface area contributed by atoms with Gasteiger partial charge in [0.15, 0.2) is 11.6 Å². The Morgan fingerprint density at radius 2 is 2.06 bits per heavy atom. The number of halogens is 2. The number of hydrogen-bond acceptors (Lipinski definition) is 5. The van der Waals surface area contributed by atoms with Gasteiger partial charge in [0.2, 0.25) is 5.95 Å². The van der Waals surface area contributed by atoms with Gasteiger partial charge in [0, 0.05) is 37.8 Å². The van der Waals surface area contributed by atoms with E-state index in [0.717, 1.165) is 23.9 Å². The van der Waals surface area contributed by atoms with Crippen molar-refractivity contribution in [2.24, 2.45) is 0 Å². The highest BCUT2D eigenvalue weighted by Crippen LogP contribution is 2.29. The number of carbonyl (C=O) groups is 1. The van der Waals surface area contributed by atoms with Gasteiger partial charge in [-0.2, -0.15) is 0 Å². The van der Waals surface area contributed by atoms with Crippen LogP contribution in [0, 0.1) is 11.6 Å². The molecule has 2 atom stereocenters. The highest BCUT2D eigenvalue weighted by Gasteiger charge is 2.36. The monoisotopic (exact) mass is 444 g/mol. The zero-order valence-electron chi connectivity index (χ0n) is 18.7. The molecule has 0 radical (unpaired) electrons. The summed E-state index contributed by atoms with van der Waals surface area (Å²) in [5.74, 6) is -1.26. The van der Waals surface area contributed by atoms with Crippen molar-refractivity contribution in [3.8, 4) is 0 Å². The van der Waals surface area contributed by atoms with Gasteiger partial charge in [-0.3, -0.25) is 0 Å². The first-order valence-electron chi connectivity index (χ1n) is 11.2. The van der Waals surface area contributed by atoms with Gasteiger partial charge < -0.3 is 20.4 Å². The van der Waals surface area contributed by atoms with Crippen molar-refractivity contribution in [2.45, 2.75) is 51.7 Å². The van der Waals surface area contributed by atoms with Gasteiger partial charge in [0.1, 0.15) is 0 Å². The molecule has 1 unspecified atom stereocenters. The van der Waals surface area contributed by atoms with E-state index in [-0.39, 0.29) is 24.0 Å². The topological polar surface area (TPSA) is 73.4 Å². The molecule has 0 saturated carbocycles. The number of nitrogens with one attached hydrogen (secondary N) is 2. The second-order valence-electron chi connectivity index (χ2n) is 8.82. The molecule has 9 heteroatoms. The third-order valence-corrected chi connectivity index (χ3v) is 6.17. The summed E-state index contributed by atoms with van der Waals surface area (Å²) in [4.78, 5) is 26.0. The number of carbonyl (C=O) groups excluding carboxylic acids is 1. The van der Waals surface area contributed by atoms with Gasteiger partial charge in [-0.05, 0) is 50.1 Å². The second kappa shape index (κ2) is 9.36. The molecule has 3 heterocycles. The van der Waals surface area contributed by atoms with Crippen LogP contribution in [0.1, 0.15) is 43.5 Å². The molecule has 0 aliphatic carbocycles. The number of aromatic nitrogens is 2. The van der Waals surface area contributed by atoms with Gasteiger partial charge in [-0.15, -0.1) is 0 Å². The Labute approximate surface area is 187 Å². The Morgan fingerprint density at radius 3 is 2.78 bits per heavy atom. The predicted molar refractivity (Wildman–Crippen MR) is 118 cm³/mol. The summed E-state index contributed by atoms with van der Waals surface area (Å²) < 4.78 is 27.3. The molecule has 2 amide bonds. The van der Waals surface area contributed by atoms with Crippen LogP contribution in [0.15, 0.2) is 24.4 Å². The molecule has 0 spiro atoms. The molecule has 2 aromatic rings. The van der Waals surface area contributed by atoms with E-state index in [2.05, 4.69) is 32.4 Å². The highest BCUT2D eigenvalue weighted by atomic mass is 19.2. The largest absolute Gasteiger partial charge is 0.352 e. The van der Waals surface area contributed by atoms with Gasteiger partial charge in [0.05, 0.1) is 18.3 Å². The average molecular weight is 445 g/mol. The fraction of sp³-hybridized carbons (Fsp3) is 0.522. The Morgan fingerprint density at radius 1 is 1.25 bits per heavy atom. The van der Waals surface area contributed by atoms with Crippen molar-refractivity contribution in [1.82, 2.24) is 25.1 Å². The lowest BCUT2D eigenvalue weighted by Crippen LogP contribution is -2.49. The molecular weight excluding hydrogens is 414 g/mol. The molecule has 2 N–H and O–H groups in total. The number of rotatable bonds is 5. The number of nitrogens with zero attached hydrogens (tertiary/aromatic N) is 4. The van der Waals surface area contributed by atoms with Crippen molar-refractivity contribution in [1.29, 1.82) is 0 Å². The van der Waals surface area contributed by atoms with Crippen LogP contribution in [-0.4, -0.2) is 64.1 Å². The van der Waals surface area contributed by atoms with E-state index in [4.69, 9.17) is 0 Å². The van der Waals surface area contributed by atoms with Crippen LogP contribution in [0.2, 0.25) is 0 Å². The van der Waals surface area contributed by atoms with E-state index < -0.39 is 11.6 Å². The van der Waals surface area contributed by atoms with Gasteiger partial charge in [-0.1, -0.05) is 13.0 Å². The van der Waals surface area contributed by atoms with E-state index in [0.29, 0.717) is 44.1 Å². The average Bonchev–Trinajstić information content (AvgIpc) is 3.17. The van der Waals surface area contributed by atoms with E-state index in [1.165, 1.54) is 6.07 Å². The van der Waals surface area contributed by atoms with Gasteiger partial charge in [-0.25, -0.2) is 23.5 Å². The number of likely N-dealkylation sites (tertiary alicyclic amines) is 1. The summed E-state index contributed by atoms with van der Waals surface area (Å²) in [6, 6.07) is 3.88. The maximum Gasteiger partial charge on any atom is 0.318 e. The van der Waals surface area contributed by atoms with E-state index in [9.17, 15) is 13.6 Å². The lowest BCUT2D eigenvalue weighted by atomic mass is 9.94. The van der Waals surface area contributed by atoms with Crippen LogP contribution >= 0.6 is 0 Å². The first-order chi connectivity index (χ1) is 15.3. The molecule has 1 saturated heterocycles. The van der Waals surface area contributed by atoms with E-state index in [1.54, 1.807) is 11.0 Å². The smallest absolute Gasteiger partial charge is 0.318 e. The van der Waals surface area contributed by atoms with Crippen LogP contribution in [-0.2, 0) is 13.0 Å². The lowest BCUT2D eigenvalue weighted by molar-refractivity contribution is 0.186. The third kappa shape index (κ3) is 4.82. The van der Waals surface area contributed by atoms with Crippen molar-refractivity contribution >= 4 is 12.0 Å². The van der Waals surface area contributed by atoms with E-state index in [1.807, 2.05) is 20.0 Å². The third-order valence-electron chi connectivity index (χ3n) is 6.17. The molecule has 1 aromatic carbocycles. The Hall–Kier alpha value is -2.81. The second-order valence-corrected chi connectivity index (χ2v) is 8.82. The number of likely N-dealkylation sites (N-methyl/N-ethyl adjacent to an activating group) is 1. The maximum absolute atomic E-state index is 13.8. The molecule has 0 bridgehead atoms. The van der Waals surface area contributed by atoms with Crippen molar-refractivity contribution in [3.05, 3.63) is 52.9 Å². The first-order valence-corrected chi connectivity index (χ1v) is 11.2. The van der Waals surface area contributed by atoms with Crippen LogP contribution in [0.4, 0.5) is 19.5 Å². The Kier molecular flexibility index (Phi) is 6.55. The number of fused-ring (bicyclic) bond motifs is 1. The summed E-state index contributed by atoms with van der Waals surface area (Å²) in [6.07, 6.45) is 2.53. The molecule has 32 heavy (non-hydrogen) atoms. The van der Waals surface area contributed by atoms with Crippen LogP contribution in [0.25, 0.3) is 0 Å². The molecule has 7 nitrogen and oxygen atoms in total. The molecule has 1 aromatic heterocycles. The molecule has 1 fully saturated rings. The first kappa shape index (κ1) is 22.4. The van der Waals surface area contributed by atoms with Crippen molar-refractivity contribution < 1.29 is 13.6 Å². The van der Waals surface area contributed by atoms with Gasteiger partial charge in [0.25, 0.3) is 0 Å². The number of anilines is 1. The van der Waals surface area contributed by atoms with Crippen molar-refractivity contribution in [2.75, 3.05) is 31.5 Å². The number of amides is 2. The minimum absolute atomic E-state index is 0.102. The van der Waals surface area contributed by atoms with Crippen LogP contribution in [0.5, 0.6) is 0 Å². The SMILES string of the molecule is CCN1CC(NC(=O)N2CCc3cnc(NC(C)C)nc3C2)[C@H](c2ccc(F)c(F)c2)C1. The molecule has 172 valence electrons. The fourth-order valence-electron chi connectivity index (χ4n) is 4.42. The Balaban J connectivity index is 1.47. The molecule has 2 aliphatic rings. The fourth-order valence-corrected chi connectivity index (χ4v) is 4.42. The van der Waals surface area contributed by atoms with E-state index >= 15 is 0 Å². The zero-order valence-corrected chi connectivity index (χ0v) is 18.7. The zero-order chi connectivity index (χ0) is 22.8. The Bertz CT molecular complexity index is 985. The normalized spacial score (nSPS) is 21.0. The number of benzene rings is 1. The van der Waals surface area contributed by atoms with Gasteiger partial charge >= 0.3 is 6.03 Å². The number of urea groups is 1. The summed E-state index contributed by atoms with van der Waals surface area (Å²) in [6.45, 7) is 9.27. The lowest BCUT2D eigenvalue weighted by Gasteiger charge is -2.30. The quantitative estimate of drug-likeness (QED) is 0.741. The minimum Gasteiger partial charge on any atom is -0.352 e.